The minimum absolute atomic E-state index is 0.0516. The summed E-state index contributed by atoms with van der Waals surface area (Å²) in [6.07, 6.45) is -9.36. The number of aliphatic hydroxyl groups excluding tert-OH is 8. The molecular formula is C34H40N8O12. The normalized spacial score (nSPS) is 15.2. The van der Waals surface area contributed by atoms with E-state index >= 15 is 0 Å². The van der Waals surface area contributed by atoms with E-state index in [0.29, 0.717) is 22.1 Å². The van der Waals surface area contributed by atoms with Gasteiger partial charge in [0.15, 0.2) is 23.0 Å². The Morgan fingerprint density at radius 2 is 0.870 bits per heavy atom. The molecule has 20 heteroatoms. The van der Waals surface area contributed by atoms with Crippen molar-refractivity contribution < 1.29 is 40.9 Å². The van der Waals surface area contributed by atoms with E-state index in [1.807, 2.05) is 27.7 Å². The van der Waals surface area contributed by atoms with Crippen LogP contribution in [0.1, 0.15) is 22.3 Å². The molecule has 6 rings (SSSR count). The van der Waals surface area contributed by atoms with E-state index in [1.54, 1.807) is 24.3 Å². The molecule has 288 valence electrons. The van der Waals surface area contributed by atoms with Gasteiger partial charge < -0.3 is 50.0 Å². The number of nitrogens with one attached hydrogen (secondary N) is 2. The molecule has 0 spiro atoms. The summed E-state index contributed by atoms with van der Waals surface area (Å²) in [5, 5.41) is 77.6. The summed E-state index contributed by atoms with van der Waals surface area (Å²) in [5.74, 6) is -0.103. The average molecular weight is 753 g/mol. The van der Waals surface area contributed by atoms with Crippen molar-refractivity contribution in [1.82, 2.24) is 39.0 Å². The summed E-state index contributed by atoms with van der Waals surface area (Å²) in [6, 6.07) is 7.06. The van der Waals surface area contributed by atoms with Crippen LogP contribution in [0, 0.1) is 27.7 Å². The van der Waals surface area contributed by atoms with Gasteiger partial charge in [0, 0.05) is 0 Å². The smallest absolute Gasteiger partial charge is 0.349 e. The van der Waals surface area contributed by atoms with Gasteiger partial charge in [-0.25, -0.2) is 19.6 Å². The van der Waals surface area contributed by atoms with Gasteiger partial charge in [-0.3, -0.25) is 19.6 Å². The maximum atomic E-state index is 12.2. The molecule has 4 heterocycles. The first-order chi connectivity index (χ1) is 25.4. The minimum atomic E-state index is -1.64. The van der Waals surface area contributed by atoms with E-state index in [1.165, 1.54) is 9.13 Å². The van der Waals surface area contributed by atoms with E-state index in [2.05, 4.69) is 29.9 Å². The molecule has 4 aliphatic rings. The monoisotopic (exact) mass is 752 g/mol. The summed E-state index contributed by atoms with van der Waals surface area (Å²) < 4.78 is 2.80. The number of aryl methyl sites for hydroxylation is 4. The molecule has 4 aliphatic heterocycles. The van der Waals surface area contributed by atoms with Gasteiger partial charge in [0.1, 0.15) is 36.6 Å². The quantitative estimate of drug-likeness (QED) is 0.0608. The van der Waals surface area contributed by atoms with Gasteiger partial charge in [-0.15, -0.1) is 0 Å². The lowest BCUT2D eigenvalue weighted by Crippen LogP contribution is -2.42. The zero-order valence-corrected chi connectivity index (χ0v) is 29.5. The van der Waals surface area contributed by atoms with E-state index in [-0.39, 0.29) is 36.1 Å². The fourth-order valence-corrected chi connectivity index (χ4v) is 5.79. The Morgan fingerprint density at radius 1 is 0.537 bits per heavy atom. The van der Waals surface area contributed by atoms with Crippen LogP contribution >= 0.6 is 0 Å². The first-order valence-electron chi connectivity index (χ1n) is 16.6. The highest BCUT2D eigenvalue weighted by atomic mass is 16.4. The van der Waals surface area contributed by atoms with E-state index < -0.39 is 72.3 Å². The summed E-state index contributed by atoms with van der Waals surface area (Å²) in [4.78, 5) is 68.0. The number of aromatic amines is 2. The predicted molar refractivity (Wildman–Crippen MR) is 191 cm³/mol. The Morgan fingerprint density at radius 3 is 1.20 bits per heavy atom. The van der Waals surface area contributed by atoms with Crippen molar-refractivity contribution in [2.45, 2.75) is 77.4 Å². The SMILES string of the molecule is Cc1cc2nc3c(=O)[nH]c(=O)nc-3n(CC(O)C(O)C(O)CO)c2cc1C.Cc1cc2nc3c(=O)[nH]c(=O)nc-3n(CC(O)C(O)C(O)CO)c2cc1C. The zero-order valence-electron chi connectivity index (χ0n) is 29.5. The van der Waals surface area contributed by atoms with Gasteiger partial charge in [0.05, 0.1) is 48.4 Å². The molecule has 2 aromatic carbocycles. The number of aromatic nitrogens is 8. The molecular weight excluding hydrogens is 712 g/mol. The third-order valence-electron chi connectivity index (χ3n) is 9.14. The fraction of sp³-hybridized carbons (Fsp3) is 0.412. The lowest BCUT2D eigenvalue weighted by Gasteiger charge is -2.25. The molecule has 54 heavy (non-hydrogen) atoms. The molecule has 10 N–H and O–H groups in total. The summed E-state index contributed by atoms with van der Waals surface area (Å²) in [5.41, 5.74) is 2.23. The Bertz CT molecular complexity index is 2320. The lowest BCUT2D eigenvalue weighted by atomic mass is 10.1. The third-order valence-corrected chi connectivity index (χ3v) is 9.14. The van der Waals surface area contributed by atoms with Crippen LogP contribution < -0.4 is 22.5 Å². The molecule has 20 nitrogen and oxygen atoms in total. The van der Waals surface area contributed by atoms with Crippen LogP contribution in [0.15, 0.2) is 43.4 Å². The van der Waals surface area contributed by atoms with Crippen LogP contribution in [0.4, 0.5) is 0 Å². The van der Waals surface area contributed by atoms with Crippen molar-refractivity contribution in [1.29, 1.82) is 0 Å². The molecule has 6 unspecified atom stereocenters. The number of fused-ring (bicyclic) bond motifs is 4. The Labute approximate surface area is 303 Å². The average Bonchev–Trinajstić information content (AvgIpc) is 3.12. The number of hydrogen-bond donors (Lipinski definition) is 10. The van der Waals surface area contributed by atoms with E-state index in [0.717, 1.165) is 22.3 Å². The first-order valence-corrected chi connectivity index (χ1v) is 16.6. The molecule has 2 aromatic rings. The van der Waals surface area contributed by atoms with E-state index in [9.17, 15) is 49.8 Å². The van der Waals surface area contributed by atoms with Crippen molar-refractivity contribution >= 4 is 22.1 Å². The predicted octanol–water partition coefficient (Wildman–Crippen LogP) is -3.45. The van der Waals surface area contributed by atoms with Gasteiger partial charge in [0.2, 0.25) is 0 Å². The second-order valence-electron chi connectivity index (χ2n) is 13.0. The highest BCUT2D eigenvalue weighted by Crippen LogP contribution is 2.26. The van der Waals surface area contributed by atoms with Crippen molar-refractivity contribution in [3.05, 3.63) is 88.2 Å². The summed E-state index contributed by atoms with van der Waals surface area (Å²) in [6.45, 7) is 5.46. The van der Waals surface area contributed by atoms with Crippen molar-refractivity contribution in [3.8, 4) is 23.0 Å². The molecule has 0 bridgehead atoms. The maximum absolute atomic E-state index is 12.2. The second-order valence-corrected chi connectivity index (χ2v) is 13.0. The number of nitrogens with zero attached hydrogens (tertiary/aromatic N) is 6. The maximum Gasteiger partial charge on any atom is 0.349 e. The minimum Gasteiger partial charge on any atom is -0.394 e. The fourth-order valence-electron chi connectivity index (χ4n) is 5.79. The van der Waals surface area contributed by atoms with Gasteiger partial charge >= 0.3 is 11.4 Å². The molecule has 0 saturated carbocycles. The van der Waals surface area contributed by atoms with Crippen molar-refractivity contribution in [2.75, 3.05) is 13.2 Å². The Hall–Kier alpha value is -5.32. The van der Waals surface area contributed by atoms with Gasteiger partial charge in [-0.2, -0.15) is 9.97 Å². The summed E-state index contributed by atoms with van der Waals surface area (Å²) in [7, 11) is 0. The summed E-state index contributed by atoms with van der Waals surface area (Å²) >= 11 is 0. The number of rotatable bonds is 10. The standard InChI is InChI=1S/2C17H20N4O6/c2*1-7-3-9-10(4-8(7)2)21(5-11(23)14(25)12(24)6-22)15-13(18-9)16(26)20-17(27)19-15/h2*3-4,11-12,14,22-25H,5-6H2,1-2H3,(H,20,26,27). The molecule has 0 aromatic heterocycles. The third kappa shape index (κ3) is 7.95. The molecule has 0 amide bonds. The Kier molecular flexibility index (Phi) is 11.8. The molecule has 6 atom stereocenters. The highest BCUT2D eigenvalue weighted by Gasteiger charge is 2.29. The molecule has 0 saturated heterocycles. The highest BCUT2D eigenvalue weighted by molar-refractivity contribution is 5.82. The second kappa shape index (κ2) is 16.0. The van der Waals surface area contributed by atoms with Crippen LogP contribution in [-0.4, -0.2) is 130 Å². The van der Waals surface area contributed by atoms with Crippen LogP contribution in [0.2, 0.25) is 0 Å². The van der Waals surface area contributed by atoms with Gasteiger partial charge in [0.25, 0.3) is 11.1 Å². The zero-order chi connectivity index (χ0) is 39.8. The number of benzene rings is 2. The van der Waals surface area contributed by atoms with Crippen molar-refractivity contribution in [3.63, 3.8) is 0 Å². The molecule has 0 fully saturated rings. The molecule has 0 radical (unpaired) electrons. The van der Waals surface area contributed by atoms with Crippen LogP contribution in [-0.2, 0) is 13.1 Å². The van der Waals surface area contributed by atoms with Crippen LogP contribution in [0.25, 0.3) is 45.1 Å². The number of aliphatic hydroxyl groups is 8. The van der Waals surface area contributed by atoms with E-state index in [4.69, 9.17) is 10.2 Å². The van der Waals surface area contributed by atoms with Gasteiger partial charge in [-0.05, 0) is 74.2 Å². The van der Waals surface area contributed by atoms with Gasteiger partial charge in [-0.1, -0.05) is 0 Å². The molecule has 0 aliphatic carbocycles. The largest absolute Gasteiger partial charge is 0.394 e. The number of hydrogen-bond acceptors (Lipinski definition) is 16. The van der Waals surface area contributed by atoms with Crippen LogP contribution in [0.5, 0.6) is 0 Å². The first kappa shape index (κ1) is 39.9. The number of H-pyrrole nitrogens is 2. The lowest BCUT2D eigenvalue weighted by molar-refractivity contribution is -0.0802. The topological polar surface area (TPSA) is 323 Å². The van der Waals surface area contributed by atoms with Crippen molar-refractivity contribution in [2.24, 2.45) is 0 Å². The van der Waals surface area contributed by atoms with Crippen LogP contribution in [0.3, 0.4) is 0 Å². The Balaban J connectivity index is 0.000000208.